The Morgan fingerprint density at radius 3 is 2.60 bits per heavy atom. The fourth-order valence-electron chi connectivity index (χ4n) is 4.58. The molecular formula is C22H27N3. The third kappa shape index (κ3) is 3.39. The lowest BCUT2D eigenvalue weighted by Gasteiger charge is -2.48. The Bertz CT molecular complexity index is 717. The van der Waals surface area contributed by atoms with Crippen molar-refractivity contribution in [2.24, 2.45) is 0 Å². The summed E-state index contributed by atoms with van der Waals surface area (Å²) in [5, 5.41) is 0. The van der Waals surface area contributed by atoms with Gasteiger partial charge in [0, 0.05) is 37.8 Å². The first-order valence-electron chi connectivity index (χ1n) is 9.33. The van der Waals surface area contributed by atoms with E-state index in [9.17, 15) is 0 Å². The average molecular weight is 333 g/mol. The zero-order chi connectivity index (χ0) is 17.1. The van der Waals surface area contributed by atoms with Gasteiger partial charge in [-0.2, -0.15) is 0 Å². The van der Waals surface area contributed by atoms with Gasteiger partial charge in [0.1, 0.15) is 0 Å². The van der Waals surface area contributed by atoms with Crippen molar-refractivity contribution in [2.75, 3.05) is 26.2 Å². The van der Waals surface area contributed by atoms with Crippen LogP contribution < -0.4 is 0 Å². The number of fused-ring (bicyclic) bond motifs is 2. The minimum atomic E-state index is 0.304. The fraction of sp³-hybridized carbons (Fsp3) is 0.409. The van der Waals surface area contributed by atoms with E-state index in [4.69, 9.17) is 0 Å². The maximum absolute atomic E-state index is 4.49. The minimum Gasteiger partial charge on any atom is -0.297 e. The van der Waals surface area contributed by atoms with Crippen LogP contribution in [0.15, 0.2) is 61.3 Å². The molecule has 0 atom stereocenters. The van der Waals surface area contributed by atoms with Crippen LogP contribution in [0.25, 0.3) is 0 Å². The zero-order valence-electron chi connectivity index (χ0n) is 14.9. The zero-order valence-corrected chi connectivity index (χ0v) is 14.9. The van der Waals surface area contributed by atoms with Gasteiger partial charge >= 0.3 is 0 Å². The maximum atomic E-state index is 4.49. The van der Waals surface area contributed by atoms with Crippen LogP contribution in [0.1, 0.15) is 29.7 Å². The lowest BCUT2D eigenvalue weighted by atomic mass is 9.69. The third-order valence-electron chi connectivity index (χ3n) is 5.82. The molecule has 3 heteroatoms. The molecule has 0 saturated carbocycles. The van der Waals surface area contributed by atoms with E-state index in [1.807, 2.05) is 18.3 Å². The first-order valence-corrected chi connectivity index (χ1v) is 9.33. The van der Waals surface area contributed by atoms with Crippen LogP contribution in [-0.4, -0.2) is 41.0 Å². The van der Waals surface area contributed by atoms with Crippen LogP contribution in [0, 0.1) is 0 Å². The Labute approximate surface area is 151 Å². The maximum Gasteiger partial charge on any atom is 0.0543 e. The Balaban J connectivity index is 1.51. The molecular weight excluding hydrogens is 306 g/mol. The molecule has 130 valence electrons. The molecule has 3 nitrogen and oxygen atoms in total. The number of aromatic nitrogens is 1. The third-order valence-corrected chi connectivity index (χ3v) is 5.82. The summed E-state index contributed by atoms with van der Waals surface area (Å²) in [5.41, 5.74) is 4.58. The highest BCUT2D eigenvalue weighted by atomic mass is 15.2. The SMILES string of the molecule is C=CCN1Cc2ccccc2C2(CCN(Cc3ccccn3)CC2)C1. The summed E-state index contributed by atoms with van der Waals surface area (Å²) < 4.78 is 0. The molecule has 2 aliphatic rings. The highest BCUT2D eigenvalue weighted by Crippen LogP contribution is 2.41. The van der Waals surface area contributed by atoms with Crippen LogP contribution in [0.2, 0.25) is 0 Å². The van der Waals surface area contributed by atoms with Crippen molar-refractivity contribution >= 4 is 0 Å². The lowest BCUT2D eigenvalue weighted by Crippen LogP contribution is -2.51. The number of nitrogens with zero attached hydrogens (tertiary/aromatic N) is 3. The molecule has 0 radical (unpaired) electrons. The molecule has 4 rings (SSSR count). The summed E-state index contributed by atoms with van der Waals surface area (Å²) in [4.78, 5) is 9.61. The second kappa shape index (κ2) is 7.11. The number of likely N-dealkylation sites (tertiary alicyclic amines) is 1. The van der Waals surface area contributed by atoms with Crippen molar-refractivity contribution in [3.05, 3.63) is 78.1 Å². The Kier molecular flexibility index (Phi) is 4.69. The molecule has 1 spiro atoms. The highest BCUT2D eigenvalue weighted by molar-refractivity contribution is 5.38. The Hall–Kier alpha value is -1.97. The van der Waals surface area contributed by atoms with E-state index in [2.05, 4.69) is 57.8 Å². The highest BCUT2D eigenvalue weighted by Gasteiger charge is 2.41. The van der Waals surface area contributed by atoms with Gasteiger partial charge in [-0.3, -0.25) is 14.8 Å². The van der Waals surface area contributed by atoms with Crippen LogP contribution in [0.4, 0.5) is 0 Å². The molecule has 0 amide bonds. The van der Waals surface area contributed by atoms with Crippen molar-refractivity contribution in [1.82, 2.24) is 14.8 Å². The van der Waals surface area contributed by atoms with Gasteiger partial charge in [-0.25, -0.2) is 0 Å². The van der Waals surface area contributed by atoms with Gasteiger partial charge in [-0.1, -0.05) is 36.4 Å². The fourth-order valence-corrected chi connectivity index (χ4v) is 4.58. The second-order valence-corrected chi connectivity index (χ2v) is 7.49. The van der Waals surface area contributed by atoms with E-state index in [1.54, 1.807) is 5.56 Å². The molecule has 0 unspecified atom stereocenters. The first-order chi connectivity index (χ1) is 12.3. The summed E-state index contributed by atoms with van der Waals surface area (Å²) in [7, 11) is 0. The number of rotatable bonds is 4. The van der Waals surface area contributed by atoms with E-state index in [-0.39, 0.29) is 0 Å². The summed E-state index contributed by atoms with van der Waals surface area (Å²) in [5.74, 6) is 0. The van der Waals surface area contributed by atoms with Crippen LogP contribution in [-0.2, 0) is 18.5 Å². The monoisotopic (exact) mass is 333 g/mol. The van der Waals surface area contributed by atoms with Gasteiger partial charge in [0.15, 0.2) is 0 Å². The number of benzene rings is 1. The molecule has 2 aliphatic heterocycles. The smallest absolute Gasteiger partial charge is 0.0543 e. The quantitative estimate of drug-likeness (QED) is 0.797. The standard InChI is InChI=1S/C22H27N3/c1-2-13-25-16-19-7-3-4-9-21(19)22(18-25)10-14-24(15-11-22)17-20-8-5-6-12-23-20/h2-9,12H,1,10-11,13-18H2. The van der Waals surface area contributed by atoms with Crippen LogP contribution in [0.3, 0.4) is 0 Å². The molecule has 2 aromatic rings. The van der Waals surface area contributed by atoms with E-state index in [0.717, 1.165) is 39.3 Å². The molecule has 3 heterocycles. The number of piperidine rings is 1. The summed E-state index contributed by atoms with van der Waals surface area (Å²) >= 11 is 0. The van der Waals surface area contributed by atoms with Crippen LogP contribution in [0.5, 0.6) is 0 Å². The van der Waals surface area contributed by atoms with E-state index >= 15 is 0 Å². The first kappa shape index (κ1) is 16.5. The normalized spacial score (nSPS) is 20.3. The molecule has 1 saturated heterocycles. The van der Waals surface area contributed by atoms with E-state index < -0.39 is 0 Å². The van der Waals surface area contributed by atoms with Crippen LogP contribution >= 0.6 is 0 Å². The van der Waals surface area contributed by atoms with Gasteiger partial charge < -0.3 is 0 Å². The Morgan fingerprint density at radius 1 is 1.04 bits per heavy atom. The predicted molar refractivity (Wildman–Crippen MR) is 102 cm³/mol. The molecule has 0 aliphatic carbocycles. The largest absolute Gasteiger partial charge is 0.297 e. The molecule has 25 heavy (non-hydrogen) atoms. The van der Waals surface area contributed by atoms with Gasteiger partial charge in [-0.15, -0.1) is 6.58 Å². The lowest BCUT2D eigenvalue weighted by molar-refractivity contribution is 0.0997. The van der Waals surface area contributed by atoms with Crippen molar-refractivity contribution in [3.63, 3.8) is 0 Å². The van der Waals surface area contributed by atoms with Gasteiger partial charge in [0.2, 0.25) is 0 Å². The minimum absolute atomic E-state index is 0.304. The molecule has 0 bridgehead atoms. The summed E-state index contributed by atoms with van der Waals surface area (Å²) in [6.07, 6.45) is 6.39. The van der Waals surface area contributed by atoms with Crippen molar-refractivity contribution in [3.8, 4) is 0 Å². The average Bonchev–Trinajstić information content (AvgIpc) is 2.65. The second-order valence-electron chi connectivity index (χ2n) is 7.49. The van der Waals surface area contributed by atoms with Gasteiger partial charge in [0.05, 0.1) is 5.69 Å². The molecule has 1 aromatic heterocycles. The van der Waals surface area contributed by atoms with Gasteiger partial charge in [-0.05, 0) is 49.2 Å². The summed E-state index contributed by atoms with van der Waals surface area (Å²) in [6, 6.07) is 15.3. The predicted octanol–water partition coefficient (Wildman–Crippen LogP) is 3.62. The van der Waals surface area contributed by atoms with Crippen molar-refractivity contribution in [1.29, 1.82) is 0 Å². The van der Waals surface area contributed by atoms with Crippen molar-refractivity contribution in [2.45, 2.75) is 31.3 Å². The molecule has 1 aromatic carbocycles. The topological polar surface area (TPSA) is 19.4 Å². The van der Waals surface area contributed by atoms with Gasteiger partial charge in [0.25, 0.3) is 0 Å². The molecule has 0 N–H and O–H groups in total. The number of hydrogen-bond acceptors (Lipinski definition) is 3. The van der Waals surface area contributed by atoms with E-state index in [0.29, 0.717) is 5.41 Å². The number of pyridine rings is 1. The summed E-state index contributed by atoms with van der Waals surface area (Å²) in [6.45, 7) is 10.4. The number of hydrogen-bond donors (Lipinski definition) is 0. The Morgan fingerprint density at radius 2 is 1.84 bits per heavy atom. The van der Waals surface area contributed by atoms with E-state index in [1.165, 1.54) is 24.1 Å². The van der Waals surface area contributed by atoms with Crippen molar-refractivity contribution < 1.29 is 0 Å². The molecule has 1 fully saturated rings.